The third kappa shape index (κ3) is 4.70. The number of primary amides is 1. The topological polar surface area (TPSA) is 90.0 Å². The highest BCUT2D eigenvalue weighted by atomic mass is 16.2. The van der Waals surface area contributed by atoms with Gasteiger partial charge in [0.05, 0.1) is 11.4 Å². The summed E-state index contributed by atoms with van der Waals surface area (Å²) in [7, 11) is 0. The van der Waals surface area contributed by atoms with E-state index in [2.05, 4.69) is 10.4 Å². The molecule has 2 amide bonds. The minimum absolute atomic E-state index is 0.0688. The highest BCUT2D eigenvalue weighted by Crippen LogP contribution is 2.29. The van der Waals surface area contributed by atoms with Crippen molar-refractivity contribution in [1.82, 2.24) is 9.78 Å². The fourth-order valence-electron chi connectivity index (χ4n) is 3.55. The van der Waals surface area contributed by atoms with Crippen LogP contribution in [0.25, 0.3) is 5.69 Å². The average Bonchev–Trinajstić information content (AvgIpc) is 3.30. The maximum Gasteiger partial charge on any atom is 0.269 e. The van der Waals surface area contributed by atoms with Crippen LogP contribution in [0.15, 0.2) is 97.2 Å². The molecule has 0 atom stereocenters. The van der Waals surface area contributed by atoms with Gasteiger partial charge in [-0.3, -0.25) is 9.59 Å². The summed E-state index contributed by atoms with van der Waals surface area (Å²) in [6.07, 6.45) is 1.93. The first-order chi connectivity index (χ1) is 15.1. The van der Waals surface area contributed by atoms with Crippen LogP contribution in [-0.4, -0.2) is 21.6 Å². The van der Waals surface area contributed by atoms with E-state index in [0.29, 0.717) is 11.4 Å². The Morgan fingerprint density at radius 3 is 2.00 bits per heavy atom. The van der Waals surface area contributed by atoms with E-state index in [4.69, 9.17) is 5.73 Å². The minimum Gasteiger partial charge on any atom is -0.364 e. The lowest BCUT2D eigenvalue weighted by Gasteiger charge is -2.18. The predicted molar refractivity (Wildman–Crippen MR) is 120 cm³/mol. The third-order valence-electron chi connectivity index (χ3n) is 5.06. The molecule has 0 aliphatic heterocycles. The Labute approximate surface area is 180 Å². The number of hydrogen-bond donors (Lipinski definition) is 2. The lowest BCUT2D eigenvalue weighted by Crippen LogP contribution is -2.18. The van der Waals surface area contributed by atoms with Gasteiger partial charge in [-0.15, -0.1) is 0 Å². The van der Waals surface area contributed by atoms with Gasteiger partial charge in [-0.25, -0.2) is 4.68 Å². The van der Waals surface area contributed by atoms with E-state index in [1.807, 2.05) is 78.9 Å². The number of nitrogens with two attached hydrogens (primary N) is 1. The molecular formula is C25H22N4O2. The standard InChI is InChI=1S/C25H22N4O2/c26-25(31)22-15-16-29(28-22)23-14-8-7-13-21(23)27-24(30)17-20(18-9-3-1-4-10-18)19-11-5-2-6-12-19/h1-16,20H,17H2,(H2,26,31)(H,27,30). The zero-order valence-corrected chi connectivity index (χ0v) is 16.8. The summed E-state index contributed by atoms with van der Waals surface area (Å²) in [4.78, 5) is 24.4. The largest absolute Gasteiger partial charge is 0.364 e. The number of rotatable bonds is 7. The van der Waals surface area contributed by atoms with Crippen molar-refractivity contribution < 1.29 is 9.59 Å². The molecule has 1 heterocycles. The molecule has 0 unspecified atom stereocenters. The fraction of sp³-hybridized carbons (Fsp3) is 0.0800. The molecule has 0 aliphatic rings. The first-order valence-electron chi connectivity index (χ1n) is 9.96. The molecule has 4 aromatic rings. The van der Waals surface area contributed by atoms with Crippen molar-refractivity contribution in [2.75, 3.05) is 5.32 Å². The van der Waals surface area contributed by atoms with Crippen molar-refractivity contribution in [1.29, 1.82) is 0 Å². The maximum atomic E-state index is 13.1. The molecule has 0 saturated carbocycles. The molecule has 3 aromatic carbocycles. The second-order valence-corrected chi connectivity index (χ2v) is 7.15. The molecule has 31 heavy (non-hydrogen) atoms. The molecule has 0 aliphatic carbocycles. The smallest absolute Gasteiger partial charge is 0.269 e. The molecule has 0 fully saturated rings. The number of carbonyl (C=O) groups is 2. The monoisotopic (exact) mass is 410 g/mol. The first kappa shape index (κ1) is 20.1. The summed E-state index contributed by atoms with van der Waals surface area (Å²) < 4.78 is 1.53. The van der Waals surface area contributed by atoms with E-state index in [1.54, 1.807) is 18.3 Å². The molecule has 0 bridgehead atoms. The van der Waals surface area contributed by atoms with Crippen LogP contribution < -0.4 is 11.1 Å². The van der Waals surface area contributed by atoms with Gasteiger partial charge in [-0.05, 0) is 29.3 Å². The zero-order chi connectivity index (χ0) is 21.6. The number of nitrogens with zero attached hydrogens (tertiary/aromatic N) is 2. The Bertz CT molecular complexity index is 1150. The number of amides is 2. The summed E-state index contributed by atoms with van der Waals surface area (Å²) in [5.41, 5.74) is 8.88. The second kappa shape index (κ2) is 9.09. The molecule has 0 spiro atoms. The van der Waals surface area contributed by atoms with Crippen LogP contribution in [0.1, 0.15) is 34.0 Å². The van der Waals surface area contributed by atoms with Crippen LogP contribution in [0.5, 0.6) is 0 Å². The van der Waals surface area contributed by atoms with Crippen LogP contribution in [0.4, 0.5) is 5.69 Å². The number of aromatic nitrogens is 2. The number of anilines is 1. The number of benzene rings is 3. The van der Waals surface area contributed by atoms with E-state index in [-0.39, 0.29) is 23.9 Å². The van der Waals surface area contributed by atoms with Gasteiger partial charge in [0.1, 0.15) is 5.69 Å². The van der Waals surface area contributed by atoms with Gasteiger partial charge in [-0.1, -0.05) is 72.8 Å². The van der Waals surface area contributed by atoms with Gasteiger partial charge < -0.3 is 11.1 Å². The van der Waals surface area contributed by atoms with Crippen molar-refractivity contribution >= 4 is 17.5 Å². The van der Waals surface area contributed by atoms with Crippen molar-refractivity contribution in [2.24, 2.45) is 5.73 Å². The average molecular weight is 410 g/mol. The second-order valence-electron chi connectivity index (χ2n) is 7.15. The van der Waals surface area contributed by atoms with E-state index >= 15 is 0 Å². The van der Waals surface area contributed by atoms with E-state index in [0.717, 1.165) is 11.1 Å². The molecule has 154 valence electrons. The quantitative estimate of drug-likeness (QED) is 0.480. The molecule has 4 rings (SSSR count). The normalized spacial score (nSPS) is 10.7. The first-order valence-corrected chi connectivity index (χ1v) is 9.96. The van der Waals surface area contributed by atoms with Crippen LogP contribution >= 0.6 is 0 Å². The van der Waals surface area contributed by atoms with Crippen LogP contribution in [0.2, 0.25) is 0 Å². The Kier molecular flexibility index (Phi) is 5.89. The number of carbonyl (C=O) groups excluding carboxylic acids is 2. The number of hydrogen-bond acceptors (Lipinski definition) is 3. The highest BCUT2D eigenvalue weighted by Gasteiger charge is 2.19. The predicted octanol–water partition coefficient (Wildman–Crippen LogP) is 4.13. The zero-order valence-electron chi connectivity index (χ0n) is 16.8. The third-order valence-corrected chi connectivity index (χ3v) is 5.06. The van der Waals surface area contributed by atoms with E-state index < -0.39 is 5.91 Å². The highest BCUT2D eigenvalue weighted by molar-refractivity contribution is 5.94. The summed E-state index contributed by atoms with van der Waals surface area (Å²) in [6, 6.07) is 28.8. The van der Waals surface area contributed by atoms with Crippen LogP contribution in [0, 0.1) is 0 Å². The van der Waals surface area contributed by atoms with Crippen molar-refractivity contribution in [3.63, 3.8) is 0 Å². The number of para-hydroxylation sites is 2. The van der Waals surface area contributed by atoms with Gasteiger partial charge in [0, 0.05) is 18.5 Å². The van der Waals surface area contributed by atoms with Gasteiger partial charge in [0.25, 0.3) is 5.91 Å². The maximum absolute atomic E-state index is 13.1. The molecule has 0 saturated heterocycles. The Balaban J connectivity index is 1.58. The van der Waals surface area contributed by atoms with Gasteiger partial charge >= 0.3 is 0 Å². The van der Waals surface area contributed by atoms with Gasteiger partial charge in [0.15, 0.2) is 0 Å². The molecule has 1 aromatic heterocycles. The minimum atomic E-state index is -0.603. The molecule has 6 heteroatoms. The summed E-state index contributed by atoms with van der Waals surface area (Å²) >= 11 is 0. The SMILES string of the molecule is NC(=O)c1ccn(-c2ccccc2NC(=O)CC(c2ccccc2)c2ccccc2)n1. The molecule has 0 radical (unpaired) electrons. The molecule has 6 nitrogen and oxygen atoms in total. The van der Waals surface area contributed by atoms with Gasteiger partial charge in [-0.2, -0.15) is 5.10 Å². The fourth-order valence-corrected chi connectivity index (χ4v) is 3.55. The summed E-state index contributed by atoms with van der Waals surface area (Å²) in [5, 5.41) is 7.20. The van der Waals surface area contributed by atoms with Crippen LogP contribution in [-0.2, 0) is 4.79 Å². The van der Waals surface area contributed by atoms with Crippen LogP contribution in [0.3, 0.4) is 0 Å². The summed E-state index contributed by atoms with van der Waals surface area (Å²) in [5.74, 6) is -0.790. The summed E-state index contributed by atoms with van der Waals surface area (Å²) in [6.45, 7) is 0. The van der Waals surface area contributed by atoms with E-state index in [1.165, 1.54) is 4.68 Å². The molecule has 3 N–H and O–H groups in total. The Morgan fingerprint density at radius 1 is 0.839 bits per heavy atom. The lowest BCUT2D eigenvalue weighted by atomic mass is 9.88. The number of nitrogens with one attached hydrogen (secondary N) is 1. The van der Waals surface area contributed by atoms with E-state index in [9.17, 15) is 9.59 Å². The van der Waals surface area contributed by atoms with Crippen molar-refractivity contribution in [3.8, 4) is 5.69 Å². The molecular weight excluding hydrogens is 388 g/mol. The lowest BCUT2D eigenvalue weighted by molar-refractivity contribution is -0.116. The Morgan fingerprint density at radius 2 is 1.42 bits per heavy atom. The van der Waals surface area contributed by atoms with Gasteiger partial charge in [0.2, 0.25) is 5.91 Å². The van der Waals surface area contributed by atoms with Crippen molar-refractivity contribution in [2.45, 2.75) is 12.3 Å². The Hall–Kier alpha value is -4.19. The van der Waals surface area contributed by atoms with Crippen molar-refractivity contribution in [3.05, 3.63) is 114 Å².